The molecule has 1 aliphatic carbocycles. The zero-order valence-corrected chi connectivity index (χ0v) is 22.0. The zero-order chi connectivity index (χ0) is 27.3. The van der Waals surface area contributed by atoms with E-state index >= 15 is 4.39 Å². The maximum absolute atomic E-state index is 15.3. The number of aromatic nitrogens is 9. The van der Waals surface area contributed by atoms with E-state index in [1.165, 1.54) is 40.1 Å². The molecule has 1 aromatic carbocycles. The van der Waals surface area contributed by atoms with Gasteiger partial charge in [-0.2, -0.15) is 19.6 Å². The van der Waals surface area contributed by atoms with Crippen LogP contribution >= 0.6 is 23.2 Å². The molecule has 0 radical (unpaired) electrons. The first kappa shape index (κ1) is 25.1. The fraction of sp³-hybridized carbons (Fsp3) is 0.240. The first-order chi connectivity index (χ1) is 18.8. The molecular formula is C25H20Cl2FN9O2. The van der Waals surface area contributed by atoms with Crippen LogP contribution < -0.4 is 10.3 Å². The minimum Gasteiger partial charge on any atom is -0.618 e. The van der Waals surface area contributed by atoms with E-state index in [0.29, 0.717) is 33.9 Å². The number of pyridine rings is 1. The Morgan fingerprint density at radius 2 is 1.95 bits per heavy atom. The molecule has 0 aliphatic heterocycles. The van der Waals surface area contributed by atoms with Crippen molar-refractivity contribution in [1.29, 1.82) is 0 Å². The Morgan fingerprint density at radius 3 is 2.67 bits per heavy atom. The Morgan fingerprint density at radius 1 is 1.15 bits per heavy atom. The van der Waals surface area contributed by atoms with Crippen molar-refractivity contribution < 1.29 is 9.12 Å². The van der Waals surface area contributed by atoms with Gasteiger partial charge in [-0.25, -0.2) is 9.07 Å². The molecule has 0 bridgehead atoms. The number of tetrazole rings is 1. The molecule has 1 atom stereocenters. The second kappa shape index (κ2) is 9.86. The summed E-state index contributed by atoms with van der Waals surface area (Å²) in [6, 6.07) is 5.48. The standard InChI is InChI=1S/C25H20Cl2FN9O2/c1-34-23(38)7-15(9-30-34)16-10-31-35(11-16)21(6-14-2-3-14)22-8-19(27)17(12-37(22)39)24-20(36-13-29-32-33-36)5-4-18(26)25(24)28/h4-5,7-14,21H,2-3,6H2,1H3/t21-/m1/s1. The van der Waals surface area contributed by atoms with Gasteiger partial charge in [0, 0.05) is 36.5 Å². The van der Waals surface area contributed by atoms with Crippen LogP contribution in [0.4, 0.5) is 4.39 Å². The van der Waals surface area contributed by atoms with Crippen molar-refractivity contribution in [2.45, 2.75) is 25.3 Å². The van der Waals surface area contributed by atoms with E-state index in [2.05, 4.69) is 25.7 Å². The third-order valence-electron chi connectivity index (χ3n) is 6.79. The molecular weight excluding hydrogens is 548 g/mol. The summed E-state index contributed by atoms with van der Waals surface area (Å²) in [5, 5.41) is 33.1. The van der Waals surface area contributed by atoms with Crippen molar-refractivity contribution in [3.63, 3.8) is 0 Å². The van der Waals surface area contributed by atoms with Crippen LogP contribution in [-0.2, 0) is 7.05 Å². The Balaban J connectivity index is 1.43. The molecule has 11 nitrogen and oxygen atoms in total. The molecule has 198 valence electrons. The number of halogens is 3. The third-order valence-corrected chi connectivity index (χ3v) is 7.39. The molecule has 1 fully saturated rings. The van der Waals surface area contributed by atoms with Gasteiger partial charge < -0.3 is 5.21 Å². The van der Waals surface area contributed by atoms with Crippen molar-refractivity contribution in [1.82, 2.24) is 39.8 Å². The lowest BCUT2D eigenvalue weighted by Crippen LogP contribution is -2.36. The summed E-state index contributed by atoms with van der Waals surface area (Å²) < 4.78 is 20.2. The average Bonchev–Trinajstić information content (AvgIpc) is 3.35. The second-order valence-electron chi connectivity index (χ2n) is 9.41. The highest BCUT2D eigenvalue weighted by Crippen LogP contribution is 2.41. The number of nitrogens with zero attached hydrogens (tertiary/aromatic N) is 9. The largest absolute Gasteiger partial charge is 0.618 e. The van der Waals surface area contributed by atoms with Gasteiger partial charge in [0.15, 0.2) is 12.0 Å². The summed E-state index contributed by atoms with van der Waals surface area (Å²) in [4.78, 5) is 12.1. The number of benzene rings is 1. The molecule has 6 rings (SSSR count). The van der Waals surface area contributed by atoms with Gasteiger partial charge in [0.25, 0.3) is 5.56 Å². The first-order valence-electron chi connectivity index (χ1n) is 12.0. The quantitative estimate of drug-likeness (QED) is 0.216. The Labute approximate surface area is 230 Å². The highest BCUT2D eigenvalue weighted by atomic mass is 35.5. The number of aryl methyl sites for hydroxylation is 1. The highest BCUT2D eigenvalue weighted by molar-refractivity contribution is 6.34. The molecule has 39 heavy (non-hydrogen) atoms. The lowest BCUT2D eigenvalue weighted by atomic mass is 10.0. The molecule has 4 heterocycles. The first-order valence-corrected chi connectivity index (χ1v) is 12.8. The third kappa shape index (κ3) is 4.77. The van der Waals surface area contributed by atoms with E-state index in [-0.39, 0.29) is 32.4 Å². The van der Waals surface area contributed by atoms with Crippen molar-refractivity contribution in [2.24, 2.45) is 13.0 Å². The Kier molecular flexibility index (Phi) is 6.35. The van der Waals surface area contributed by atoms with E-state index in [1.807, 2.05) is 0 Å². The highest BCUT2D eigenvalue weighted by Gasteiger charge is 2.33. The number of rotatable bonds is 7. The Hall–Kier alpha value is -4.16. The second-order valence-corrected chi connectivity index (χ2v) is 10.2. The van der Waals surface area contributed by atoms with Crippen LogP contribution in [0.1, 0.15) is 31.0 Å². The molecule has 0 N–H and O–H groups in total. The van der Waals surface area contributed by atoms with Crippen LogP contribution in [0.3, 0.4) is 0 Å². The smallest absolute Gasteiger partial charge is 0.267 e. The number of hydrogen-bond donors (Lipinski definition) is 0. The summed E-state index contributed by atoms with van der Waals surface area (Å²) in [5.41, 5.74) is 1.80. The lowest BCUT2D eigenvalue weighted by Gasteiger charge is -2.19. The van der Waals surface area contributed by atoms with Crippen molar-refractivity contribution in [3.05, 3.63) is 92.5 Å². The van der Waals surface area contributed by atoms with Gasteiger partial charge in [0.2, 0.25) is 5.69 Å². The zero-order valence-electron chi connectivity index (χ0n) is 20.4. The summed E-state index contributed by atoms with van der Waals surface area (Å²) >= 11 is 12.8. The summed E-state index contributed by atoms with van der Waals surface area (Å²) in [6.45, 7) is 0. The van der Waals surface area contributed by atoms with Crippen LogP contribution in [0.25, 0.3) is 27.9 Å². The molecule has 1 aliphatic rings. The van der Waals surface area contributed by atoms with Gasteiger partial charge in [-0.1, -0.05) is 36.0 Å². The molecule has 4 aromatic heterocycles. The molecule has 1 saturated carbocycles. The fourth-order valence-electron chi connectivity index (χ4n) is 4.53. The van der Waals surface area contributed by atoms with Gasteiger partial charge in [-0.15, -0.1) is 5.10 Å². The van der Waals surface area contributed by atoms with Gasteiger partial charge in [0.1, 0.15) is 12.4 Å². The topological polar surface area (TPSA) is 123 Å². The minimum atomic E-state index is -0.756. The Bertz CT molecular complexity index is 1750. The van der Waals surface area contributed by atoms with Crippen molar-refractivity contribution >= 4 is 23.2 Å². The van der Waals surface area contributed by atoms with Crippen LogP contribution in [-0.4, -0.2) is 39.8 Å². The van der Waals surface area contributed by atoms with Gasteiger partial charge in [-0.3, -0.25) is 9.48 Å². The van der Waals surface area contributed by atoms with Crippen LogP contribution in [0.15, 0.2) is 60.2 Å². The lowest BCUT2D eigenvalue weighted by molar-refractivity contribution is -0.615. The summed E-state index contributed by atoms with van der Waals surface area (Å²) in [6.07, 6.45) is 10.3. The monoisotopic (exact) mass is 567 g/mol. The summed E-state index contributed by atoms with van der Waals surface area (Å²) in [5.74, 6) is -0.322. The molecule has 14 heteroatoms. The van der Waals surface area contributed by atoms with Gasteiger partial charge >= 0.3 is 0 Å². The predicted molar refractivity (Wildman–Crippen MR) is 140 cm³/mol. The van der Waals surface area contributed by atoms with Crippen molar-refractivity contribution in [2.75, 3.05) is 0 Å². The van der Waals surface area contributed by atoms with E-state index in [9.17, 15) is 10.0 Å². The number of hydrogen-bond acceptors (Lipinski definition) is 7. The normalized spacial score (nSPS) is 14.1. The minimum absolute atomic E-state index is 0.00535. The molecule has 0 spiro atoms. The SMILES string of the molecule is Cn1ncc(-c2cnn([C@H](CC3CC3)c3cc(Cl)c(-c4c(-n5cnnn5)ccc(Cl)c4F)c[n+]3[O-])c2)cc1=O. The maximum Gasteiger partial charge on any atom is 0.267 e. The van der Waals surface area contributed by atoms with Crippen LogP contribution in [0, 0.1) is 16.9 Å². The van der Waals surface area contributed by atoms with E-state index in [1.54, 1.807) is 36.4 Å². The molecule has 0 unspecified atom stereocenters. The summed E-state index contributed by atoms with van der Waals surface area (Å²) in [7, 11) is 1.57. The fourth-order valence-corrected chi connectivity index (χ4v) is 4.94. The average molecular weight is 568 g/mol. The van der Waals surface area contributed by atoms with Gasteiger partial charge in [0.05, 0.1) is 39.3 Å². The van der Waals surface area contributed by atoms with E-state index in [4.69, 9.17) is 23.2 Å². The van der Waals surface area contributed by atoms with Gasteiger partial charge in [-0.05, 0) is 34.9 Å². The predicted octanol–water partition coefficient (Wildman–Crippen LogP) is 3.76. The molecule has 0 saturated heterocycles. The van der Waals surface area contributed by atoms with Crippen LogP contribution in [0.5, 0.6) is 0 Å². The van der Waals surface area contributed by atoms with Crippen molar-refractivity contribution in [3.8, 4) is 27.9 Å². The molecule has 5 aromatic rings. The van der Waals surface area contributed by atoms with Crippen LogP contribution in [0.2, 0.25) is 10.0 Å². The van der Waals surface area contributed by atoms with E-state index < -0.39 is 11.9 Å². The van der Waals surface area contributed by atoms with E-state index in [0.717, 1.165) is 12.8 Å². The maximum atomic E-state index is 15.3. The molecule has 0 amide bonds.